The van der Waals surface area contributed by atoms with Gasteiger partial charge in [-0.1, -0.05) is 28.1 Å². The van der Waals surface area contributed by atoms with E-state index < -0.39 is 10.0 Å². The molecular formula is C10H14BrNO2S. The van der Waals surface area contributed by atoms with E-state index in [4.69, 9.17) is 0 Å². The summed E-state index contributed by atoms with van der Waals surface area (Å²) in [5, 5.41) is 0. The lowest BCUT2D eigenvalue weighted by atomic mass is 10.2. The van der Waals surface area contributed by atoms with Gasteiger partial charge in [-0.3, -0.25) is 0 Å². The molecule has 1 rings (SSSR count). The molecule has 0 radical (unpaired) electrons. The fourth-order valence-electron chi connectivity index (χ4n) is 1.17. The maximum atomic E-state index is 11.5. The number of benzene rings is 1. The predicted molar refractivity (Wildman–Crippen MR) is 65.1 cm³/mol. The van der Waals surface area contributed by atoms with Gasteiger partial charge in [0.2, 0.25) is 10.0 Å². The first kappa shape index (κ1) is 12.7. The van der Waals surface area contributed by atoms with Crippen LogP contribution in [0.3, 0.4) is 0 Å². The Morgan fingerprint density at radius 3 is 2.27 bits per heavy atom. The van der Waals surface area contributed by atoms with Crippen molar-refractivity contribution in [1.29, 1.82) is 0 Å². The molecule has 0 amide bonds. The standard InChI is InChI=1S/C10H14BrNO2S/c1-3-15(13,14)12(2)8-9-4-6-10(11)7-5-9/h4-7H,3,8H2,1-2H3. The van der Waals surface area contributed by atoms with Gasteiger partial charge in [-0.2, -0.15) is 0 Å². The van der Waals surface area contributed by atoms with Crippen molar-refractivity contribution >= 4 is 26.0 Å². The summed E-state index contributed by atoms with van der Waals surface area (Å²) in [6.07, 6.45) is 0. The van der Waals surface area contributed by atoms with Gasteiger partial charge in [0.25, 0.3) is 0 Å². The second-order valence-corrected chi connectivity index (χ2v) is 6.56. The van der Waals surface area contributed by atoms with Crippen molar-refractivity contribution in [2.24, 2.45) is 0 Å². The molecule has 0 bridgehead atoms. The second-order valence-electron chi connectivity index (χ2n) is 3.28. The van der Waals surface area contributed by atoms with Crippen LogP contribution in [0, 0.1) is 0 Å². The van der Waals surface area contributed by atoms with E-state index in [1.54, 1.807) is 14.0 Å². The van der Waals surface area contributed by atoms with Crippen LogP contribution in [0.4, 0.5) is 0 Å². The Labute approximate surface area is 99.3 Å². The minimum absolute atomic E-state index is 0.139. The summed E-state index contributed by atoms with van der Waals surface area (Å²) in [5.41, 5.74) is 0.984. The maximum Gasteiger partial charge on any atom is 0.213 e. The molecule has 0 spiro atoms. The molecule has 0 unspecified atom stereocenters. The minimum atomic E-state index is -3.08. The molecule has 0 fully saturated rings. The zero-order valence-corrected chi connectivity index (χ0v) is 11.2. The Morgan fingerprint density at radius 1 is 1.27 bits per heavy atom. The largest absolute Gasteiger partial charge is 0.213 e. The van der Waals surface area contributed by atoms with Gasteiger partial charge in [0, 0.05) is 18.1 Å². The molecule has 0 aliphatic carbocycles. The molecule has 1 aromatic carbocycles. The molecule has 0 saturated heterocycles. The predicted octanol–water partition coefficient (Wildman–Crippen LogP) is 2.23. The van der Waals surface area contributed by atoms with E-state index in [1.807, 2.05) is 24.3 Å². The van der Waals surface area contributed by atoms with Crippen LogP contribution >= 0.6 is 15.9 Å². The summed E-state index contributed by atoms with van der Waals surface area (Å²) < 4.78 is 25.3. The lowest BCUT2D eigenvalue weighted by Gasteiger charge is -2.15. The van der Waals surface area contributed by atoms with Crippen molar-refractivity contribution in [3.05, 3.63) is 34.3 Å². The smallest absolute Gasteiger partial charge is 0.212 e. The molecular weight excluding hydrogens is 278 g/mol. The molecule has 0 atom stereocenters. The zero-order valence-electron chi connectivity index (χ0n) is 8.77. The van der Waals surface area contributed by atoms with Crippen molar-refractivity contribution in [1.82, 2.24) is 4.31 Å². The van der Waals surface area contributed by atoms with E-state index in [-0.39, 0.29) is 5.75 Å². The molecule has 0 N–H and O–H groups in total. The third kappa shape index (κ3) is 3.59. The highest BCUT2D eigenvalue weighted by atomic mass is 79.9. The molecule has 0 saturated carbocycles. The van der Waals surface area contributed by atoms with Crippen LogP contribution in [0.2, 0.25) is 0 Å². The Balaban J connectivity index is 2.75. The highest BCUT2D eigenvalue weighted by Gasteiger charge is 2.14. The summed E-state index contributed by atoms with van der Waals surface area (Å²) in [5.74, 6) is 0.139. The molecule has 84 valence electrons. The van der Waals surface area contributed by atoms with Gasteiger partial charge >= 0.3 is 0 Å². The molecule has 0 aliphatic rings. The maximum absolute atomic E-state index is 11.5. The lowest BCUT2D eigenvalue weighted by Crippen LogP contribution is -2.27. The van der Waals surface area contributed by atoms with E-state index in [9.17, 15) is 8.42 Å². The number of rotatable bonds is 4. The van der Waals surface area contributed by atoms with Gasteiger partial charge in [0.05, 0.1) is 5.75 Å². The van der Waals surface area contributed by atoms with E-state index >= 15 is 0 Å². The third-order valence-electron chi connectivity index (χ3n) is 2.16. The number of halogens is 1. The molecule has 5 heteroatoms. The normalized spacial score (nSPS) is 12.0. The van der Waals surface area contributed by atoms with E-state index in [0.717, 1.165) is 10.0 Å². The van der Waals surface area contributed by atoms with Gasteiger partial charge in [-0.15, -0.1) is 0 Å². The summed E-state index contributed by atoms with van der Waals surface area (Å²) in [6, 6.07) is 7.63. The molecule has 3 nitrogen and oxygen atoms in total. The monoisotopic (exact) mass is 291 g/mol. The van der Waals surface area contributed by atoms with Gasteiger partial charge in [0.1, 0.15) is 0 Å². The van der Waals surface area contributed by atoms with Crippen molar-refractivity contribution in [2.75, 3.05) is 12.8 Å². The Morgan fingerprint density at radius 2 is 1.80 bits per heavy atom. The first-order valence-electron chi connectivity index (χ1n) is 4.64. The first-order chi connectivity index (χ1) is 6.95. The number of hydrogen-bond acceptors (Lipinski definition) is 2. The zero-order chi connectivity index (χ0) is 11.5. The van der Waals surface area contributed by atoms with Crippen LogP contribution < -0.4 is 0 Å². The Hall–Kier alpha value is -0.390. The van der Waals surface area contributed by atoms with Crippen LogP contribution in [-0.2, 0) is 16.6 Å². The van der Waals surface area contributed by atoms with Gasteiger partial charge in [-0.25, -0.2) is 12.7 Å². The quantitative estimate of drug-likeness (QED) is 0.853. The van der Waals surface area contributed by atoms with Crippen LogP contribution in [0.5, 0.6) is 0 Å². The van der Waals surface area contributed by atoms with E-state index in [2.05, 4.69) is 15.9 Å². The van der Waals surface area contributed by atoms with Crippen molar-refractivity contribution in [3.8, 4) is 0 Å². The summed E-state index contributed by atoms with van der Waals surface area (Å²) in [4.78, 5) is 0. The molecule has 15 heavy (non-hydrogen) atoms. The average Bonchev–Trinajstić information content (AvgIpc) is 2.21. The molecule has 0 aromatic heterocycles. The molecule has 0 heterocycles. The highest BCUT2D eigenvalue weighted by molar-refractivity contribution is 9.10. The SMILES string of the molecule is CCS(=O)(=O)N(C)Cc1ccc(Br)cc1. The van der Waals surface area contributed by atoms with Crippen molar-refractivity contribution in [3.63, 3.8) is 0 Å². The first-order valence-corrected chi connectivity index (χ1v) is 7.04. The van der Waals surface area contributed by atoms with E-state index in [1.165, 1.54) is 4.31 Å². The van der Waals surface area contributed by atoms with E-state index in [0.29, 0.717) is 6.54 Å². The van der Waals surface area contributed by atoms with Crippen LogP contribution in [0.25, 0.3) is 0 Å². The Kier molecular flexibility index (Phi) is 4.31. The second kappa shape index (κ2) is 5.09. The minimum Gasteiger partial charge on any atom is -0.212 e. The Bertz CT molecular complexity index is 414. The summed E-state index contributed by atoms with van der Waals surface area (Å²) >= 11 is 3.33. The topological polar surface area (TPSA) is 37.4 Å². The average molecular weight is 292 g/mol. The van der Waals surface area contributed by atoms with Crippen LogP contribution in [-0.4, -0.2) is 25.5 Å². The third-order valence-corrected chi connectivity index (χ3v) is 4.50. The van der Waals surface area contributed by atoms with Crippen molar-refractivity contribution < 1.29 is 8.42 Å². The number of nitrogens with zero attached hydrogens (tertiary/aromatic N) is 1. The lowest BCUT2D eigenvalue weighted by molar-refractivity contribution is 0.468. The molecule has 1 aromatic rings. The highest BCUT2D eigenvalue weighted by Crippen LogP contribution is 2.13. The number of sulfonamides is 1. The van der Waals surface area contributed by atoms with Crippen molar-refractivity contribution in [2.45, 2.75) is 13.5 Å². The van der Waals surface area contributed by atoms with Gasteiger partial charge in [-0.05, 0) is 24.6 Å². The fraction of sp³-hybridized carbons (Fsp3) is 0.400. The number of hydrogen-bond donors (Lipinski definition) is 0. The van der Waals surface area contributed by atoms with Crippen LogP contribution in [0.1, 0.15) is 12.5 Å². The summed E-state index contributed by atoms with van der Waals surface area (Å²) in [7, 11) is -1.49. The van der Waals surface area contributed by atoms with Gasteiger partial charge < -0.3 is 0 Å². The summed E-state index contributed by atoms with van der Waals surface area (Å²) in [6.45, 7) is 2.07. The molecule has 0 aliphatic heterocycles. The van der Waals surface area contributed by atoms with Crippen LogP contribution in [0.15, 0.2) is 28.7 Å². The van der Waals surface area contributed by atoms with Gasteiger partial charge in [0.15, 0.2) is 0 Å². The fourth-order valence-corrected chi connectivity index (χ4v) is 2.22.